The number of nitrogens with one attached hydrogen (secondary N) is 1. The van der Waals surface area contributed by atoms with Crippen molar-refractivity contribution < 1.29 is 18.7 Å². The van der Waals surface area contributed by atoms with Crippen LogP contribution in [0.4, 0.5) is 10.2 Å². The van der Waals surface area contributed by atoms with Crippen LogP contribution in [0.25, 0.3) is 26.1 Å². The van der Waals surface area contributed by atoms with Crippen molar-refractivity contribution in [3.8, 4) is 0 Å². The number of carbonyl (C=O) groups excluding carboxylic acids is 1. The van der Waals surface area contributed by atoms with Crippen LogP contribution in [0.5, 0.6) is 0 Å². The topological polar surface area (TPSA) is 88.4 Å². The van der Waals surface area contributed by atoms with Gasteiger partial charge in [0.2, 0.25) is 5.43 Å². The van der Waals surface area contributed by atoms with E-state index in [0.29, 0.717) is 49.9 Å². The minimum Gasteiger partial charge on any atom is -0.380 e. The van der Waals surface area contributed by atoms with E-state index in [1.807, 2.05) is 33.6 Å². The fourth-order valence-corrected chi connectivity index (χ4v) is 6.39. The van der Waals surface area contributed by atoms with Crippen molar-refractivity contribution in [2.75, 3.05) is 64.5 Å². The van der Waals surface area contributed by atoms with Gasteiger partial charge >= 0.3 is 0 Å². The number of methoxy groups -OCH3 is 1. The number of nitrogens with zero attached hydrogens (tertiary/aromatic N) is 4. The molecule has 1 N–H and O–H groups in total. The summed E-state index contributed by atoms with van der Waals surface area (Å²) < 4.78 is 28.8. The molecule has 4 aromatic rings. The number of halogens is 1. The zero-order chi connectivity index (χ0) is 25.5. The number of benzene rings is 1. The molecule has 1 aromatic carbocycles. The Kier molecular flexibility index (Phi) is 6.53. The van der Waals surface area contributed by atoms with E-state index in [2.05, 4.69) is 15.2 Å². The van der Waals surface area contributed by atoms with Gasteiger partial charge in [-0.3, -0.25) is 18.9 Å². The Morgan fingerprint density at radius 1 is 1.27 bits per heavy atom. The van der Waals surface area contributed by atoms with E-state index >= 15 is 4.39 Å². The summed E-state index contributed by atoms with van der Waals surface area (Å²) in [4.78, 5) is 36.3. The van der Waals surface area contributed by atoms with E-state index in [4.69, 9.17) is 9.47 Å². The number of anilines is 1. The molecule has 2 saturated heterocycles. The SMILES string of the molecule is COC1CCN(CCNC(=O)c2c(=O)c3cc(F)c(N4CCOCC4)nc3n3c2sc2ccccc23)C1. The number of likely N-dealkylation sites (tertiary alicyclic amines) is 1. The number of carbonyl (C=O) groups is 1. The molecule has 0 aliphatic carbocycles. The van der Waals surface area contributed by atoms with Crippen LogP contribution < -0.4 is 15.6 Å². The van der Waals surface area contributed by atoms with E-state index in [1.165, 1.54) is 17.4 Å². The summed E-state index contributed by atoms with van der Waals surface area (Å²) in [5.74, 6) is -0.855. The monoisotopic (exact) mass is 525 g/mol. The van der Waals surface area contributed by atoms with Gasteiger partial charge in [0.05, 0.1) is 34.9 Å². The lowest BCUT2D eigenvalue weighted by Crippen LogP contribution is -2.38. The maximum Gasteiger partial charge on any atom is 0.258 e. The van der Waals surface area contributed by atoms with E-state index in [-0.39, 0.29) is 22.9 Å². The number of fused-ring (bicyclic) bond motifs is 5. The van der Waals surface area contributed by atoms with Gasteiger partial charge < -0.3 is 19.7 Å². The molecular weight excluding hydrogens is 497 g/mol. The van der Waals surface area contributed by atoms with Gasteiger partial charge in [0.15, 0.2) is 17.3 Å². The zero-order valence-corrected chi connectivity index (χ0v) is 21.4. The first-order chi connectivity index (χ1) is 18.0. The molecule has 1 amide bonds. The molecule has 0 saturated carbocycles. The summed E-state index contributed by atoms with van der Waals surface area (Å²) >= 11 is 1.36. The second-order valence-electron chi connectivity index (χ2n) is 9.38. The van der Waals surface area contributed by atoms with Crippen LogP contribution in [-0.2, 0) is 9.47 Å². The first-order valence-corrected chi connectivity index (χ1v) is 13.3. The van der Waals surface area contributed by atoms with Crippen LogP contribution in [0.3, 0.4) is 0 Å². The molecule has 1 unspecified atom stereocenters. The van der Waals surface area contributed by atoms with Crippen LogP contribution >= 0.6 is 11.3 Å². The smallest absolute Gasteiger partial charge is 0.258 e. The third-order valence-electron chi connectivity index (χ3n) is 7.16. The third-order valence-corrected chi connectivity index (χ3v) is 8.31. The summed E-state index contributed by atoms with van der Waals surface area (Å²) in [6.07, 6.45) is 1.17. The van der Waals surface area contributed by atoms with Crippen LogP contribution in [0.2, 0.25) is 0 Å². The second-order valence-corrected chi connectivity index (χ2v) is 10.4. The molecule has 6 rings (SSSR count). The number of rotatable bonds is 6. The van der Waals surface area contributed by atoms with Gasteiger partial charge in [0.25, 0.3) is 5.91 Å². The number of para-hydroxylation sites is 1. The fourth-order valence-electron chi connectivity index (χ4n) is 5.21. The van der Waals surface area contributed by atoms with Crippen molar-refractivity contribution in [3.05, 3.63) is 51.9 Å². The number of hydrogen-bond acceptors (Lipinski definition) is 8. The molecule has 37 heavy (non-hydrogen) atoms. The predicted molar refractivity (Wildman–Crippen MR) is 142 cm³/mol. The summed E-state index contributed by atoms with van der Waals surface area (Å²) in [7, 11) is 1.71. The molecule has 5 heterocycles. The fraction of sp³-hybridized carbons (Fsp3) is 0.423. The molecule has 9 nitrogen and oxygen atoms in total. The van der Waals surface area contributed by atoms with Crippen molar-refractivity contribution in [1.82, 2.24) is 19.6 Å². The first kappa shape index (κ1) is 24.2. The van der Waals surface area contributed by atoms with Crippen LogP contribution in [0.1, 0.15) is 16.8 Å². The largest absolute Gasteiger partial charge is 0.380 e. The number of morpholine rings is 1. The van der Waals surface area contributed by atoms with Gasteiger partial charge in [-0.2, -0.15) is 0 Å². The quantitative estimate of drug-likeness (QED) is 0.414. The Morgan fingerprint density at radius 2 is 2.08 bits per heavy atom. The molecular formula is C26H28FN5O4S. The highest BCUT2D eigenvalue weighted by atomic mass is 32.1. The Hall–Kier alpha value is -3.12. The van der Waals surface area contributed by atoms with Crippen molar-refractivity contribution in [1.29, 1.82) is 0 Å². The maximum atomic E-state index is 15.3. The van der Waals surface area contributed by atoms with Crippen molar-refractivity contribution >= 4 is 49.1 Å². The van der Waals surface area contributed by atoms with Gasteiger partial charge in [0, 0.05) is 46.4 Å². The van der Waals surface area contributed by atoms with Gasteiger partial charge in [0.1, 0.15) is 10.4 Å². The predicted octanol–water partition coefficient (Wildman–Crippen LogP) is 2.49. The standard InChI is InChI=1S/C26H28FN5O4S/c1-35-16-6-8-30(15-16)9-7-28-25(34)21-22(33)17-14-18(27)24(31-10-12-36-13-11-31)29-23(17)32-19-4-2-3-5-20(19)37-26(21)32/h2-5,14,16H,6-13,15H2,1H3,(H,28,34). The summed E-state index contributed by atoms with van der Waals surface area (Å²) in [6.45, 7) is 4.78. The molecule has 1 atom stereocenters. The lowest BCUT2D eigenvalue weighted by molar-refractivity contribution is 0.0944. The van der Waals surface area contributed by atoms with E-state index in [9.17, 15) is 9.59 Å². The van der Waals surface area contributed by atoms with Crippen LogP contribution in [0.15, 0.2) is 35.1 Å². The zero-order valence-electron chi connectivity index (χ0n) is 20.5. The van der Waals surface area contributed by atoms with E-state index < -0.39 is 17.2 Å². The Labute approximate surface area is 216 Å². The number of pyridine rings is 2. The van der Waals surface area contributed by atoms with Crippen molar-refractivity contribution in [3.63, 3.8) is 0 Å². The number of amides is 1. The molecule has 0 spiro atoms. The molecule has 0 bridgehead atoms. The van der Waals surface area contributed by atoms with Gasteiger partial charge in [-0.1, -0.05) is 12.1 Å². The number of hydrogen-bond donors (Lipinski definition) is 1. The summed E-state index contributed by atoms with van der Waals surface area (Å²) in [6, 6.07) is 8.89. The first-order valence-electron chi connectivity index (χ1n) is 12.5. The molecule has 11 heteroatoms. The Balaban J connectivity index is 1.43. The lowest BCUT2D eigenvalue weighted by Gasteiger charge is -2.28. The Morgan fingerprint density at radius 3 is 2.86 bits per heavy atom. The normalized spacial score (nSPS) is 18.9. The third kappa shape index (κ3) is 4.35. The Bertz CT molecular complexity index is 1550. The van der Waals surface area contributed by atoms with Gasteiger partial charge in [-0.05, 0) is 24.6 Å². The average molecular weight is 526 g/mol. The molecule has 2 aliphatic rings. The van der Waals surface area contributed by atoms with Gasteiger partial charge in [-0.25, -0.2) is 9.37 Å². The van der Waals surface area contributed by atoms with E-state index in [0.717, 1.165) is 29.7 Å². The molecule has 194 valence electrons. The summed E-state index contributed by atoms with van der Waals surface area (Å²) in [5, 5.41) is 3.00. The molecule has 2 aliphatic heterocycles. The second kappa shape index (κ2) is 9.97. The molecule has 3 aromatic heterocycles. The highest BCUT2D eigenvalue weighted by Crippen LogP contribution is 2.32. The highest BCUT2D eigenvalue weighted by molar-refractivity contribution is 7.24. The average Bonchev–Trinajstić information content (AvgIpc) is 3.54. The van der Waals surface area contributed by atoms with E-state index in [1.54, 1.807) is 7.11 Å². The van der Waals surface area contributed by atoms with Gasteiger partial charge in [-0.15, -0.1) is 11.3 Å². The number of thiazole rings is 1. The molecule has 0 radical (unpaired) electrons. The van der Waals surface area contributed by atoms with Crippen LogP contribution in [0, 0.1) is 5.82 Å². The van der Waals surface area contributed by atoms with Crippen molar-refractivity contribution in [2.45, 2.75) is 12.5 Å². The van der Waals surface area contributed by atoms with Crippen LogP contribution in [-0.4, -0.2) is 85.9 Å². The molecule has 2 fully saturated rings. The van der Waals surface area contributed by atoms with Crippen molar-refractivity contribution in [2.24, 2.45) is 0 Å². The number of aromatic nitrogens is 2. The minimum atomic E-state index is -0.584. The highest BCUT2D eigenvalue weighted by Gasteiger charge is 2.26. The minimum absolute atomic E-state index is 0.0187. The lowest BCUT2D eigenvalue weighted by atomic mass is 10.1. The number of ether oxygens (including phenoxy) is 2. The summed E-state index contributed by atoms with van der Waals surface area (Å²) in [5.41, 5.74) is 0.667. The maximum absolute atomic E-state index is 15.3.